The zero-order chi connectivity index (χ0) is 19.2. The van der Waals surface area contributed by atoms with Crippen LogP contribution in [0.25, 0.3) is 16.2 Å². The van der Waals surface area contributed by atoms with Crippen LogP contribution in [0.1, 0.15) is 11.3 Å². The number of imidazole rings is 1. The van der Waals surface area contributed by atoms with Gasteiger partial charge < -0.3 is 14.4 Å². The van der Waals surface area contributed by atoms with Crippen LogP contribution in [0.2, 0.25) is 0 Å². The van der Waals surface area contributed by atoms with Crippen molar-refractivity contribution in [3.8, 4) is 11.3 Å². The first kappa shape index (κ1) is 19.5. The van der Waals surface area contributed by atoms with Gasteiger partial charge in [-0.05, 0) is 6.92 Å². The summed E-state index contributed by atoms with van der Waals surface area (Å²) in [5.41, 5.74) is 4.17. The molecule has 0 N–H and O–H groups in total. The summed E-state index contributed by atoms with van der Waals surface area (Å²) in [5.74, 6) is 0.0642. The van der Waals surface area contributed by atoms with E-state index in [2.05, 4.69) is 31.2 Å². The number of thiazole rings is 1. The number of hydrogen-bond donors (Lipinski definition) is 0. The molecule has 0 bridgehead atoms. The van der Waals surface area contributed by atoms with E-state index in [9.17, 15) is 4.79 Å². The van der Waals surface area contributed by atoms with E-state index in [1.807, 2.05) is 16.0 Å². The van der Waals surface area contributed by atoms with Crippen molar-refractivity contribution in [1.82, 2.24) is 14.3 Å². The third-order valence-corrected chi connectivity index (χ3v) is 5.34. The van der Waals surface area contributed by atoms with Gasteiger partial charge in [-0.15, -0.1) is 11.3 Å². The SMILES string of the molecule is COCCN(CCOC)C(=O)Cc1csc2nc(-c3ccc(C)cc3)cn12. The third-order valence-electron chi connectivity index (χ3n) is 4.45. The van der Waals surface area contributed by atoms with Gasteiger partial charge in [-0.1, -0.05) is 29.8 Å². The van der Waals surface area contributed by atoms with E-state index in [-0.39, 0.29) is 5.91 Å². The molecular weight excluding hydrogens is 362 g/mol. The Labute approximate surface area is 163 Å². The van der Waals surface area contributed by atoms with Crippen molar-refractivity contribution >= 4 is 22.2 Å². The molecule has 6 nitrogen and oxygen atoms in total. The molecule has 0 aliphatic carbocycles. The van der Waals surface area contributed by atoms with Crippen LogP contribution in [0.3, 0.4) is 0 Å². The van der Waals surface area contributed by atoms with E-state index in [4.69, 9.17) is 14.5 Å². The van der Waals surface area contributed by atoms with E-state index in [1.54, 1.807) is 30.5 Å². The maximum atomic E-state index is 12.8. The fourth-order valence-corrected chi connectivity index (χ4v) is 3.72. The number of ether oxygens (including phenoxy) is 2. The average Bonchev–Trinajstić information content (AvgIpc) is 3.24. The number of aromatic nitrogens is 2. The van der Waals surface area contributed by atoms with Crippen LogP contribution in [-0.2, 0) is 20.7 Å². The van der Waals surface area contributed by atoms with Crippen molar-refractivity contribution in [2.24, 2.45) is 0 Å². The number of methoxy groups -OCH3 is 2. The quantitative estimate of drug-likeness (QED) is 0.566. The van der Waals surface area contributed by atoms with E-state index >= 15 is 0 Å². The minimum absolute atomic E-state index is 0.0642. The molecule has 1 amide bonds. The summed E-state index contributed by atoms with van der Waals surface area (Å²) in [5, 5.41) is 2.00. The fraction of sp³-hybridized carbons (Fsp3) is 0.400. The van der Waals surface area contributed by atoms with Crippen molar-refractivity contribution in [3.05, 3.63) is 47.1 Å². The van der Waals surface area contributed by atoms with Gasteiger partial charge >= 0.3 is 0 Å². The number of rotatable bonds is 9. The first-order chi connectivity index (χ1) is 13.1. The van der Waals surface area contributed by atoms with Crippen LogP contribution in [0, 0.1) is 6.92 Å². The molecule has 1 aromatic carbocycles. The standard InChI is InChI=1S/C20H25N3O3S/c1-15-4-6-16(7-5-15)18-13-23-17(14-27-20(23)21-18)12-19(24)22(8-10-25-2)9-11-26-3/h4-7,13-14H,8-12H2,1-3H3. The van der Waals surface area contributed by atoms with Crippen molar-refractivity contribution in [2.75, 3.05) is 40.5 Å². The molecular formula is C20H25N3O3S. The molecule has 0 aliphatic rings. The Balaban J connectivity index is 1.77. The highest BCUT2D eigenvalue weighted by molar-refractivity contribution is 7.15. The molecule has 0 fully saturated rings. The minimum atomic E-state index is 0.0642. The predicted molar refractivity (Wildman–Crippen MR) is 107 cm³/mol. The molecule has 0 saturated carbocycles. The van der Waals surface area contributed by atoms with Crippen molar-refractivity contribution in [3.63, 3.8) is 0 Å². The number of carbonyl (C=O) groups is 1. The molecule has 0 unspecified atom stereocenters. The molecule has 2 heterocycles. The van der Waals surface area contributed by atoms with E-state index in [0.29, 0.717) is 32.7 Å². The molecule has 0 atom stereocenters. The van der Waals surface area contributed by atoms with Crippen molar-refractivity contribution in [1.29, 1.82) is 0 Å². The number of nitrogens with zero attached hydrogens (tertiary/aromatic N) is 3. The Hall–Kier alpha value is -2.22. The number of carbonyl (C=O) groups excluding carboxylic acids is 1. The van der Waals surface area contributed by atoms with Crippen LogP contribution in [0.4, 0.5) is 0 Å². The lowest BCUT2D eigenvalue weighted by molar-refractivity contribution is -0.131. The highest BCUT2D eigenvalue weighted by atomic mass is 32.1. The summed E-state index contributed by atoms with van der Waals surface area (Å²) in [4.78, 5) is 20.2. The molecule has 0 spiro atoms. The first-order valence-electron chi connectivity index (χ1n) is 8.90. The zero-order valence-corrected chi connectivity index (χ0v) is 16.8. The van der Waals surface area contributed by atoms with Crippen LogP contribution in [0.5, 0.6) is 0 Å². The fourth-order valence-electron chi connectivity index (χ4n) is 2.85. The smallest absolute Gasteiger partial charge is 0.228 e. The molecule has 0 saturated heterocycles. The van der Waals surface area contributed by atoms with Gasteiger partial charge in [-0.25, -0.2) is 4.98 Å². The van der Waals surface area contributed by atoms with E-state index in [1.165, 1.54) is 5.56 Å². The summed E-state index contributed by atoms with van der Waals surface area (Å²) < 4.78 is 12.3. The number of amides is 1. The Kier molecular flexibility index (Phi) is 6.60. The van der Waals surface area contributed by atoms with Gasteiger partial charge in [0, 0.05) is 50.1 Å². The molecule has 3 rings (SSSR count). The van der Waals surface area contributed by atoms with Gasteiger partial charge in [0.15, 0.2) is 4.96 Å². The summed E-state index contributed by atoms with van der Waals surface area (Å²) in [6.45, 7) is 4.21. The predicted octanol–water partition coefficient (Wildman–Crippen LogP) is 3.04. The second-order valence-electron chi connectivity index (χ2n) is 6.41. The van der Waals surface area contributed by atoms with Gasteiger partial charge in [0.05, 0.1) is 25.3 Å². The van der Waals surface area contributed by atoms with Crippen LogP contribution >= 0.6 is 11.3 Å². The third kappa shape index (κ3) is 4.74. The van der Waals surface area contributed by atoms with Gasteiger partial charge in [-0.3, -0.25) is 9.20 Å². The summed E-state index contributed by atoms with van der Waals surface area (Å²) in [7, 11) is 3.28. The average molecular weight is 388 g/mol. The number of hydrogen-bond acceptors (Lipinski definition) is 5. The van der Waals surface area contributed by atoms with Gasteiger partial charge in [0.25, 0.3) is 0 Å². The minimum Gasteiger partial charge on any atom is -0.383 e. The Bertz CT molecular complexity index is 878. The molecule has 27 heavy (non-hydrogen) atoms. The van der Waals surface area contributed by atoms with Gasteiger partial charge in [0.1, 0.15) is 0 Å². The maximum absolute atomic E-state index is 12.8. The molecule has 0 radical (unpaired) electrons. The van der Waals surface area contributed by atoms with Gasteiger partial charge in [0.2, 0.25) is 5.91 Å². The molecule has 0 aliphatic heterocycles. The molecule has 2 aromatic heterocycles. The second-order valence-corrected chi connectivity index (χ2v) is 7.25. The highest BCUT2D eigenvalue weighted by Crippen LogP contribution is 2.24. The van der Waals surface area contributed by atoms with Crippen molar-refractivity contribution < 1.29 is 14.3 Å². The summed E-state index contributed by atoms with van der Waals surface area (Å²) in [6.07, 6.45) is 2.34. The van der Waals surface area contributed by atoms with Crippen LogP contribution in [0.15, 0.2) is 35.8 Å². The molecule has 7 heteroatoms. The summed E-state index contributed by atoms with van der Waals surface area (Å²) >= 11 is 1.55. The Morgan fingerprint density at radius 3 is 2.44 bits per heavy atom. The van der Waals surface area contributed by atoms with Gasteiger partial charge in [-0.2, -0.15) is 0 Å². The molecule has 3 aromatic rings. The summed E-state index contributed by atoms with van der Waals surface area (Å²) in [6, 6.07) is 8.31. The normalized spacial score (nSPS) is 11.2. The second kappa shape index (κ2) is 9.12. The first-order valence-corrected chi connectivity index (χ1v) is 9.78. The topological polar surface area (TPSA) is 56.1 Å². The Morgan fingerprint density at radius 1 is 1.15 bits per heavy atom. The number of benzene rings is 1. The lowest BCUT2D eigenvalue weighted by Gasteiger charge is -2.21. The highest BCUT2D eigenvalue weighted by Gasteiger charge is 2.17. The van der Waals surface area contributed by atoms with E-state index in [0.717, 1.165) is 21.9 Å². The number of fused-ring (bicyclic) bond motifs is 1. The lowest BCUT2D eigenvalue weighted by Crippen LogP contribution is -2.37. The number of aryl methyl sites for hydroxylation is 1. The largest absolute Gasteiger partial charge is 0.383 e. The zero-order valence-electron chi connectivity index (χ0n) is 16.0. The van der Waals surface area contributed by atoms with Crippen LogP contribution in [-0.4, -0.2) is 60.7 Å². The Morgan fingerprint density at radius 2 is 1.81 bits per heavy atom. The monoisotopic (exact) mass is 387 g/mol. The van der Waals surface area contributed by atoms with Crippen molar-refractivity contribution in [2.45, 2.75) is 13.3 Å². The maximum Gasteiger partial charge on any atom is 0.228 e. The molecule has 144 valence electrons. The van der Waals surface area contributed by atoms with Crippen LogP contribution < -0.4 is 0 Å². The lowest BCUT2D eigenvalue weighted by atomic mass is 10.1. The van der Waals surface area contributed by atoms with E-state index < -0.39 is 0 Å².